The summed E-state index contributed by atoms with van der Waals surface area (Å²) in [5.74, 6) is -0.666. The smallest absolute Gasteiger partial charge is 0.270 e. The van der Waals surface area contributed by atoms with Crippen molar-refractivity contribution in [1.82, 2.24) is 10.3 Å². The molecule has 0 aliphatic carbocycles. The van der Waals surface area contributed by atoms with E-state index in [0.29, 0.717) is 12.2 Å². The lowest BCUT2D eigenvalue weighted by atomic mass is 10.1. The van der Waals surface area contributed by atoms with E-state index in [1.165, 1.54) is 0 Å². The van der Waals surface area contributed by atoms with Gasteiger partial charge in [0.05, 0.1) is 5.56 Å². The number of nitrogens with zero attached hydrogens (tertiary/aromatic N) is 1. The Morgan fingerprint density at radius 1 is 1.12 bits per heavy atom. The summed E-state index contributed by atoms with van der Waals surface area (Å²) in [6.07, 6.45) is 2.81. The van der Waals surface area contributed by atoms with E-state index in [4.69, 9.17) is 0 Å². The SMILES string of the molecule is CCCNC(=O)c1nc(C)ccc1C(=O)Nc1cccc(SC)c1C. The Balaban J connectivity index is 2.32. The molecule has 1 aromatic heterocycles. The van der Waals surface area contributed by atoms with Gasteiger partial charge in [-0.15, -0.1) is 11.8 Å². The van der Waals surface area contributed by atoms with Crippen LogP contribution in [-0.2, 0) is 0 Å². The largest absolute Gasteiger partial charge is 0.351 e. The monoisotopic (exact) mass is 357 g/mol. The summed E-state index contributed by atoms with van der Waals surface area (Å²) in [7, 11) is 0. The Labute approximate surface area is 152 Å². The van der Waals surface area contributed by atoms with Crippen LogP contribution in [0.1, 0.15) is 45.4 Å². The number of amides is 2. The van der Waals surface area contributed by atoms with Gasteiger partial charge < -0.3 is 10.6 Å². The van der Waals surface area contributed by atoms with Gasteiger partial charge in [0.25, 0.3) is 11.8 Å². The normalized spacial score (nSPS) is 10.4. The van der Waals surface area contributed by atoms with Crippen LogP contribution in [0.3, 0.4) is 0 Å². The Morgan fingerprint density at radius 3 is 2.56 bits per heavy atom. The molecule has 0 unspecified atom stereocenters. The number of hydrogen-bond acceptors (Lipinski definition) is 4. The first kappa shape index (κ1) is 19.0. The summed E-state index contributed by atoms with van der Waals surface area (Å²) in [5.41, 5.74) is 2.86. The minimum absolute atomic E-state index is 0.157. The average molecular weight is 357 g/mol. The van der Waals surface area contributed by atoms with Crippen molar-refractivity contribution in [3.8, 4) is 0 Å². The molecule has 1 heterocycles. The number of thioether (sulfide) groups is 1. The minimum atomic E-state index is -0.337. The van der Waals surface area contributed by atoms with Crippen LogP contribution in [-0.4, -0.2) is 29.6 Å². The molecule has 0 aliphatic rings. The molecule has 0 radical (unpaired) electrons. The molecule has 0 aliphatic heterocycles. The van der Waals surface area contributed by atoms with Crippen molar-refractivity contribution in [3.05, 3.63) is 52.8 Å². The minimum Gasteiger partial charge on any atom is -0.351 e. The van der Waals surface area contributed by atoms with Crippen molar-refractivity contribution >= 4 is 29.3 Å². The maximum Gasteiger partial charge on any atom is 0.270 e. The van der Waals surface area contributed by atoms with Crippen LogP contribution in [0.4, 0.5) is 5.69 Å². The summed E-state index contributed by atoms with van der Waals surface area (Å²) < 4.78 is 0. The first-order chi connectivity index (χ1) is 12.0. The third kappa shape index (κ3) is 4.60. The molecule has 0 fully saturated rings. The highest BCUT2D eigenvalue weighted by atomic mass is 32.2. The topological polar surface area (TPSA) is 71.1 Å². The molecule has 2 rings (SSSR count). The molecule has 0 saturated carbocycles. The Kier molecular flexibility index (Phi) is 6.58. The van der Waals surface area contributed by atoms with E-state index in [0.717, 1.165) is 22.6 Å². The van der Waals surface area contributed by atoms with Gasteiger partial charge in [0, 0.05) is 22.8 Å². The second-order valence-corrected chi connectivity index (χ2v) is 6.54. The van der Waals surface area contributed by atoms with Gasteiger partial charge in [-0.05, 0) is 56.4 Å². The summed E-state index contributed by atoms with van der Waals surface area (Å²) in [4.78, 5) is 30.4. The van der Waals surface area contributed by atoms with E-state index in [1.807, 2.05) is 38.3 Å². The van der Waals surface area contributed by atoms with Gasteiger partial charge in [0.2, 0.25) is 0 Å². The molecule has 2 N–H and O–H groups in total. The van der Waals surface area contributed by atoms with Crippen LogP contribution < -0.4 is 10.6 Å². The maximum absolute atomic E-state index is 12.7. The third-order valence-electron chi connectivity index (χ3n) is 3.78. The van der Waals surface area contributed by atoms with E-state index in [-0.39, 0.29) is 23.1 Å². The highest BCUT2D eigenvalue weighted by Gasteiger charge is 2.19. The number of anilines is 1. The average Bonchev–Trinajstić information content (AvgIpc) is 2.61. The Morgan fingerprint density at radius 2 is 1.88 bits per heavy atom. The molecule has 6 heteroatoms. The second-order valence-electron chi connectivity index (χ2n) is 5.69. The van der Waals surface area contributed by atoms with Crippen molar-refractivity contribution < 1.29 is 9.59 Å². The molecule has 2 aromatic rings. The molecule has 0 saturated heterocycles. The lowest BCUT2D eigenvalue weighted by Crippen LogP contribution is -2.28. The number of nitrogens with one attached hydrogen (secondary N) is 2. The summed E-state index contributed by atoms with van der Waals surface area (Å²) in [6.45, 7) is 6.28. The van der Waals surface area contributed by atoms with Crippen LogP contribution in [0.2, 0.25) is 0 Å². The number of aromatic nitrogens is 1. The number of rotatable bonds is 6. The van der Waals surface area contributed by atoms with Gasteiger partial charge in [0.15, 0.2) is 0 Å². The fourth-order valence-electron chi connectivity index (χ4n) is 2.40. The molecule has 5 nitrogen and oxygen atoms in total. The number of benzene rings is 1. The van der Waals surface area contributed by atoms with Crippen molar-refractivity contribution in [2.75, 3.05) is 18.1 Å². The van der Waals surface area contributed by atoms with Gasteiger partial charge in [-0.2, -0.15) is 0 Å². The molecule has 0 bridgehead atoms. The molecule has 2 amide bonds. The van der Waals surface area contributed by atoms with Crippen LogP contribution in [0.5, 0.6) is 0 Å². The summed E-state index contributed by atoms with van der Waals surface area (Å²) in [6, 6.07) is 9.14. The number of carbonyl (C=O) groups excluding carboxylic acids is 2. The van der Waals surface area contributed by atoms with Gasteiger partial charge in [0.1, 0.15) is 5.69 Å². The predicted octanol–water partition coefficient (Wildman–Crippen LogP) is 3.81. The first-order valence-electron chi connectivity index (χ1n) is 8.18. The summed E-state index contributed by atoms with van der Waals surface area (Å²) in [5, 5.41) is 5.68. The third-order valence-corrected chi connectivity index (χ3v) is 4.66. The molecule has 0 spiro atoms. The van der Waals surface area contributed by atoms with Crippen LogP contribution in [0.15, 0.2) is 35.2 Å². The lowest BCUT2D eigenvalue weighted by Gasteiger charge is -2.13. The highest BCUT2D eigenvalue weighted by Crippen LogP contribution is 2.26. The predicted molar refractivity (Wildman–Crippen MR) is 103 cm³/mol. The first-order valence-corrected chi connectivity index (χ1v) is 9.41. The number of pyridine rings is 1. The molecular formula is C19H23N3O2S. The van der Waals surface area contributed by atoms with Gasteiger partial charge in [-0.25, -0.2) is 4.98 Å². The van der Waals surface area contributed by atoms with E-state index >= 15 is 0 Å². The maximum atomic E-state index is 12.7. The van der Waals surface area contributed by atoms with Crippen molar-refractivity contribution in [3.63, 3.8) is 0 Å². The van der Waals surface area contributed by atoms with E-state index in [9.17, 15) is 9.59 Å². The van der Waals surface area contributed by atoms with Crippen molar-refractivity contribution in [2.24, 2.45) is 0 Å². The van der Waals surface area contributed by atoms with Gasteiger partial charge in [-0.1, -0.05) is 13.0 Å². The second kappa shape index (κ2) is 8.67. The van der Waals surface area contributed by atoms with Crippen LogP contribution >= 0.6 is 11.8 Å². The van der Waals surface area contributed by atoms with Crippen LogP contribution in [0, 0.1) is 13.8 Å². The Hall–Kier alpha value is -2.34. The molecular weight excluding hydrogens is 334 g/mol. The zero-order valence-electron chi connectivity index (χ0n) is 15.0. The number of hydrogen-bond donors (Lipinski definition) is 2. The fraction of sp³-hybridized carbons (Fsp3) is 0.316. The number of carbonyl (C=O) groups is 2. The van der Waals surface area contributed by atoms with Crippen molar-refractivity contribution in [1.29, 1.82) is 0 Å². The lowest BCUT2D eigenvalue weighted by molar-refractivity contribution is 0.0935. The van der Waals surface area contributed by atoms with E-state index in [1.54, 1.807) is 30.8 Å². The van der Waals surface area contributed by atoms with E-state index < -0.39 is 0 Å². The molecule has 132 valence electrons. The molecule has 0 atom stereocenters. The van der Waals surface area contributed by atoms with Crippen molar-refractivity contribution in [2.45, 2.75) is 32.1 Å². The number of aryl methyl sites for hydroxylation is 1. The zero-order valence-corrected chi connectivity index (χ0v) is 15.8. The van der Waals surface area contributed by atoms with E-state index in [2.05, 4.69) is 15.6 Å². The van der Waals surface area contributed by atoms with Crippen LogP contribution in [0.25, 0.3) is 0 Å². The zero-order chi connectivity index (χ0) is 18.4. The molecule has 1 aromatic carbocycles. The summed E-state index contributed by atoms with van der Waals surface area (Å²) >= 11 is 1.62. The van der Waals surface area contributed by atoms with Gasteiger partial charge >= 0.3 is 0 Å². The fourth-order valence-corrected chi connectivity index (χ4v) is 3.03. The van der Waals surface area contributed by atoms with Gasteiger partial charge in [-0.3, -0.25) is 9.59 Å². The Bertz CT molecular complexity index is 790. The standard InChI is InChI=1S/C19H23N3O2S/c1-5-11-20-19(24)17-14(10-9-12(2)21-17)18(23)22-15-7-6-8-16(25-4)13(15)3/h6-10H,5,11H2,1-4H3,(H,20,24)(H,22,23). The quantitative estimate of drug-likeness (QED) is 0.771. The highest BCUT2D eigenvalue weighted by molar-refractivity contribution is 7.98. The molecule has 25 heavy (non-hydrogen) atoms.